The quantitative estimate of drug-likeness (QED) is 0.703. The second kappa shape index (κ2) is 5.37. The number of rotatable bonds is 4. The van der Waals surface area contributed by atoms with Crippen LogP contribution in [0.1, 0.15) is 11.1 Å². The number of nitrogen functional groups attached to an aromatic ring is 1. The third-order valence-electron chi connectivity index (χ3n) is 2.64. The van der Waals surface area contributed by atoms with Crippen molar-refractivity contribution in [2.45, 2.75) is 13.1 Å². The summed E-state index contributed by atoms with van der Waals surface area (Å²) in [5, 5.41) is 12.5. The van der Waals surface area contributed by atoms with Crippen molar-refractivity contribution in [3.63, 3.8) is 0 Å². The minimum atomic E-state index is 0.293. The first-order valence-corrected chi connectivity index (χ1v) is 5.58. The van der Waals surface area contributed by atoms with Crippen LogP contribution in [0.2, 0.25) is 0 Å². The molecule has 0 fully saturated rings. The number of nitrogens with two attached hydrogens (primary N) is 1. The van der Waals surface area contributed by atoms with E-state index in [0.717, 1.165) is 29.9 Å². The van der Waals surface area contributed by atoms with Gasteiger partial charge in [0.25, 0.3) is 0 Å². The molecule has 0 heterocycles. The summed E-state index contributed by atoms with van der Waals surface area (Å²) in [5.74, 6) is 0.293. The second-order valence-corrected chi connectivity index (χ2v) is 3.97. The Balaban J connectivity index is 1.88. The van der Waals surface area contributed by atoms with Crippen molar-refractivity contribution in [1.82, 2.24) is 5.32 Å². The highest BCUT2D eigenvalue weighted by Gasteiger charge is 1.97. The van der Waals surface area contributed by atoms with E-state index in [4.69, 9.17) is 10.8 Å². The van der Waals surface area contributed by atoms with Crippen LogP contribution < -0.4 is 11.1 Å². The summed E-state index contributed by atoms with van der Waals surface area (Å²) in [4.78, 5) is 0. The Morgan fingerprint density at radius 1 is 0.941 bits per heavy atom. The van der Waals surface area contributed by atoms with Crippen molar-refractivity contribution in [1.29, 1.82) is 0 Å². The number of phenolic OH excluding ortho intramolecular Hbond substituents is 1. The van der Waals surface area contributed by atoms with Crippen LogP contribution >= 0.6 is 0 Å². The van der Waals surface area contributed by atoms with Crippen molar-refractivity contribution in [3.8, 4) is 5.75 Å². The Morgan fingerprint density at radius 3 is 2.35 bits per heavy atom. The van der Waals surface area contributed by atoms with Crippen molar-refractivity contribution >= 4 is 5.69 Å². The number of hydrogen-bond donors (Lipinski definition) is 3. The molecule has 2 rings (SSSR count). The predicted octanol–water partition coefficient (Wildman–Crippen LogP) is 2.26. The van der Waals surface area contributed by atoms with Crippen LogP contribution in [0.5, 0.6) is 5.75 Å². The molecule has 0 aliphatic carbocycles. The summed E-state index contributed by atoms with van der Waals surface area (Å²) in [5.41, 5.74) is 8.90. The number of aromatic hydroxyl groups is 1. The van der Waals surface area contributed by atoms with Gasteiger partial charge in [0, 0.05) is 18.8 Å². The fraction of sp³-hybridized carbons (Fsp3) is 0.143. The molecule has 0 spiro atoms. The molecule has 88 valence electrons. The van der Waals surface area contributed by atoms with E-state index in [0.29, 0.717) is 5.75 Å². The van der Waals surface area contributed by atoms with Crippen LogP contribution in [0.4, 0.5) is 5.69 Å². The highest BCUT2D eigenvalue weighted by molar-refractivity contribution is 5.46. The van der Waals surface area contributed by atoms with Gasteiger partial charge in [0.15, 0.2) is 0 Å². The second-order valence-electron chi connectivity index (χ2n) is 3.97. The summed E-state index contributed by atoms with van der Waals surface area (Å²) < 4.78 is 0. The normalized spacial score (nSPS) is 10.4. The first-order chi connectivity index (χ1) is 8.25. The van der Waals surface area contributed by atoms with Crippen molar-refractivity contribution in [2.75, 3.05) is 5.73 Å². The van der Waals surface area contributed by atoms with Crippen LogP contribution in [0, 0.1) is 0 Å². The van der Waals surface area contributed by atoms with E-state index in [1.807, 2.05) is 36.4 Å². The molecule has 0 aromatic heterocycles. The van der Waals surface area contributed by atoms with E-state index in [2.05, 4.69) is 5.32 Å². The average Bonchev–Trinajstić information content (AvgIpc) is 2.34. The van der Waals surface area contributed by atoms with Crippen LogP contribution in [0.15, 0.2) is 48.5 Å². The molecule has 0 aliphatic heterocycles. The summed E-state index contributed by atoms with van der Waals surface area (Å²) in [6.07, 6.45) is 0. The predicted molar refractivity (Wildman–Crippen MR) is 69.5 cm³/mol. The fourth-order valence-corrected chi connectivity index (χ4v) is 1.65. The zero-order chi connectivity index (χ0) is 12.1. The largest absolute Gasteiger partial charge is 0.508 e. The lowest BCUT2D eigenvalue weighted by atomic mass is 10.1. The monoisotopic (exact) mass is 228 g/mol. The smallest absolute Gasteiger partial charge is 0.115 e. The van der Waals surface area contributed by atoms with Crippen LogP contribution in [0.3, 0.4) is 0 Å². The molecule has 2 aromatic rings. The Bertz CT molecular complexity index is 480. The van der Waals surface area contributed by atoms with Gasteiger partial charge in [-0.3, -0.25) is 0 Å². The topological polar surface area (TPSA) is 58.3 Å². The average molecular weight is 228 g/mol. The maximum Gasteiger partial charge on any atom is 0.115 e. The molecule has 0 radical (unpaired) electrons. The lowest BCUT2D eigenvalue weighted by Crippen LogP contribution is -2.13. The number of benzene rings is 2. The van der Waals surface area contributed by atoms with E-state index in [9.17, 15) is 0 Å². The van der Waals surface area contributed by atoms with Gasteiger partial charge in [0.1, 0.15) is 5.75 Å². The Hall–Kier alpha value is -2.00. The molecule has 2 aromatic carbocycles. The first kappa shape index (κ1) is 11.5. The van der Waals surface area contributed by atoms with Gasteiger partial charge >= 0.3 is 0 Å². The summed E-state index contributed by atoms with van der Waals surface area (Å²) >= 11 is 0. The lowest BCUT2D eigenvalue weighted by molar-refractivity contribution is 0.475. The molecule has 0 amide bonds. The standard InChI is InChI=1S/C14H16N2O/c15-14-4-2-1-3-12(14)10-16-9-11-5-7-13(17)8-6-11/h1-8,16-17H,9-10,15H2. The molecule has 4 N–H and O–H groups in total. The van der Waals surface area contributed by atoms with Gasteiger partial charge in [0.2, 0.25) is 0 Å². The molecule has 0 unspecified atom stereocenters. The fourth-order valence-electron chi connectivity index (χ4n) is 1.65. The molecule has 0 bridgehead atoms. The van der Waals surface area contributed by atoms with Crippen molar-refractivity contribution < 1.29 is 5.11 Å². The third kappa shape index (κ3) is 3.23. The SMILES string of the molecule is Nc1ccccc1CNCc1ccc(O)cc1. The van der Waals surface area contributed by atoms with Gasteiger partial charge < -0.3 is 16.2 Å². The van der Waals surface area contributed by atoms with E-state index >= 15 is 0 Å². The highest BCUT2D eigenvalue weighted by Crippen LogP contribution is 2.11. The number of hydrogen-bond acceptors (Lipinski definition) is 3. The summed E-state index contributed by atoms with van der Waals surface area (Å²) in [7, 11) is 0. The molecular formula is C14H16N2O. The van der Waals surface area contributed by atoms with E-state index in [1.54, 1.807) is 12.1 Å². The zero-order valence-electron chi connectivity index (χ0n) is 9.56. The van der Waals surface area contributed by atoms with E-state index in [1.165, 1.54) is 0 Å². The van der Waals surface area contributed by atoms with Crippen LogP contribution in [-0.4, -0.2) is 5.11 Å². The highest BCUT2D eigenvalue weighted by atomic mass is 16.3. The maximum absolute atomic E-state index is 9.16. The lowest BCUT2D eigenvalue weighted by Gasteiger charge is -2.07. The van der Waals surface area contributed by atoms with E-state index < -0.39 is 0 Å². The van der Waals surface area contributed by atoms with Gasteiger partial charge in [-0.1, -0.05) is 30.3 Å². The molecule has 3 heteroatoms. The molecule has 0 atom stereocenters. The Morgan fingerprint density at radius 2 is 1.65 bits per heavy atom. The molecule has 0 saturated heterocycles. The molecular weight excluding hydrogens is 212 g/mol. The maximum atomic E-state index is 9.16. The number of anilines is 1. The van der Waals surface area contributed by atoms with Crippen LogP contribution in [-0.2, 0) is 13.1 Å². The number of para-hydroxylation sites is 1. The Kier molecular flexibility index (Phi) is 3.62. The van der Waals surface area contributed by atoms with Crippen molar-refractivity contribution in [2.24, 2.45) is 0 Å². The third-order valence-corrected chi connectivity index (χ3v) is 2.64. The van der Waals surface area contributed by atoms with Gasteiger partial charge in [-0.15, -0.1) is 0 Å². The van der Waals surface area contributed by atoms with Crippen molar-refractivity contribution in [3.05, 3.63) is 59.7 Å². The van der Waals surface area contributed by atoms with Gasteiger partial charge in [-0.2, -0.15) is 0 Å². The van der Waals surface area contributed by atoms with Gasteiger partial charge in [-0.25, -0.2) is 0 Å². The molecule has 3 nitrogen and oxygen atoms in total. The minimum Gasteiger partial charge on any atom is -0.508 e. The summed E-state index contributed by atoms with van der Waals surface area (Å²) in [6.45, 7) is 1.50. The number of nitrogens with one attached hydrogen (secondary N) is 1. The van der Waals surface area contributed by atoms with E-state index in [-0.39, 0.29) is 0 Å². The molecule has 0 saturated carbocycles. The number of phenols is 1. The minimum absolute atomic E-state index is 0.293. The summed E-state index contributed by atoms with van der Waals surface area (Å²) in [6, 6.07) is 15.0. The first-order valence-electron chi connectivity index (χ1n) is 5.58. The Labute approximate surface area is 101 Å². The zero-order valence-corrected chi connectivity index (χ0v) is 9.56. The van der Waals surface area contributed by atoms with Gasteiger partial charge in [0.05, 0.1) is 0 Å². The van der Waals surface area contributed by atoms with Gasteiger partial charge in [-0.05, 0) is 29.3 Å². The molecule has 0 aliphatic rings. The molecule has 17 heavy (non-hydrogen) atoms. The van der Waals surface area contributed by atoms with Crippen LogP contribution in [0.25, 0.3) is 0 Å².